The summed E-state index contributed by atoms with van der Waals surface area (Å²) in [6.07, 6.45) is 13.8. The monoisotopic (exact) mass is 145 g/mol. The van der Waals surface area contributed by atoms with Crippen molar-refractivity contribution in [1.29, 1.82) is 0 Å². The molecule has 0 radical (unpaired) electrons. The second-order valence-corrected chi connectivity index (χ2v) is 2.78. The van der Waals surface area contributed by atoms with Gasteiger partial charge in [-0.25, -0.2) is 0 Å². The summed E-state index contributed by atoms with van der Waals surface area (Å²) in [5.74, 6) is 0. The highest BCUT2D eigenvalue weighted by atomic mass is 14.9. The summed E-state index contributed by atoms with van der Waals surface area (Å²) in [6.45, 7) is 0.955. The van der Waals surface area contributed by atoms with Crippen LogP contribution in [0.15, 0.2) is 47.7 Å². The zero-order chi connectivity index (χ0) is 7.52. The Kier molecular flexibility index (Phi) is 1.64. The lowest BCUT2D eigenvalue weighted by Crippen LogP contribution is -2.10. The lowest BCUT2D eigenvalue weighted by atomic mass is 10.1. The summed E-state index contributed by atoms with van der Waals surface area (Å²) in [7, 11) is 0. The molecule has 0 unspecified atom stereocenters. The molecule has 0 fully saturated rings. The average Bonchev–Trinajstić information content (AvgIpc) is 2.36. The number of nitrogens with one attached hydrogen (secondary N) is 1. The van der Waals surface area contributed by atoms with Crippen LogP contribution in [-0.4, -0.2) is 6.54 Å². The van der Waals surface area contributed by atoms with E-state index in [9.17, 15) is 0 Å². The summed E-state index contributed by atoms with van der Waals surface area (Å²) in [5, 5.41) is 3.34. The molecule has 0 saturated heterocycles. The Balaban J connectivity index is 2.36. The van der Waals surface area contributed by atoms with Gasteiger partial charge in [-0.2, -0.15) is 0 Å². The summed E-state index contributed by atoms with van der Waals surface area (Å²) in [4.78, 5) is 0. The van der Waals surface area contributed by atoms with Crippen LogP contribution in [0.3, 0.4) is 0 Å². The van der Waals surface area contributed by atoms with Gasteiger partial charge in [0.05, 0.1) is 0 Å². The van der Waals surface area contributed by atoms with Crippen LogP contribution in [0.4, 0.5) is 0 Å². The highest BCUT2D eigenvalue weighted by molar-refractivity contribution is 5.35. The van der Waals surface area contributed by atoms with Crippen molar-refractivity contribution in [3.8, 4) is 0 Å². The van der Waals surface area contributed by atoms with Gasteiger partial charge in [0.2, 0.25) is 0 Å². The van der Waals surface area contributed by atoms with Gasteiger partial charge in [0.25, 0.3) is 0 Å². The second-order valence-electron chi connectivity index (χ2n) is 2.78. The van der Waals surface area contributed by atoms with Gasteiger partial charge in [-0.15, -0.1) is 0 Å². The van der Waals surface area contributed by atoms with Crippen molar-refractivity contribution in [1.82, 2.24) is 5.32 Å². The fourth-order valence-electron chi connectivity index (χ4n) is 1.32. The molecule has 0 aromatic heterocycles. The molecule has 2 rings (SSSR count). The molecule has 1 N–H and O–H groups in total. The Morgan fingerprint density at radius 2 is 2.09 bits per heavy atom. The third-order valence-electron chi connectivity index (χ3n) is 1.89. The predicted molar refractivity (Wildman–Crippen MR) is 47.1 cm³/mol. The van der Waals surface area contributed by atoms with Gasteiger partial charge in [0.1, 0.15) is 0 Å². The molecule has 0 aromatic carbocycles. The number of fused-ring (bicyclic) bond motifs is 2. The zero-order valence-electron chi connectivity index (χ0n) is 6.38. The van der Waals surface area contributed by atoms with Crippen LogP contribution in [0.5, 0.6) is 0 Å². The fourth-order valence-corrected chi connectivity index (χ4v) is 1.32. The van der Waals surface area contributed by atoms with Crippen molar-refractivity contribution < 1.29 is 0 Å². The Bertz CT molecular complexity index is 267. The van der Waals surface area contributed by atoms with Gasteiger partial charge in [-0.05, 0) is 11.6 Å². The van der Waals surface area contributed by atoms with Gasteiger partial charge < -0.3 is 5.32 Å². The second kappa shape index (κ2) is 2.79. The molecule has 1 heterocycles. The molecule has 1 aliphatic heterocycles. The van der Waals surface area contributed by atoms with Gasteiger partial charge in [-0.3, -0.25) is 0 Å². The van der Waals surface area contributed by atoms with Crippen LogP contribution in [0.2, 0.25) is 0 Å². The van der Waals surface area contributed by atoms with Crippen molar-refractivity contribution in [3.63, 3.8) is 0 Å². The topological polar surface area (TPSA) is 12.0 Å². The molecule has 2 bridgehead atoms. The van der Waals surface area contributed by atoms with Crippen LogP contribution < -0.4 is 5.32 Å². The highest BCUT2D eigenvalue weighted by Gasteiger charge is 2.02. The number of allylic oxidation sites excluding steroid dienone is 6. The number of rotatable bonds is 0. The van der Waals surface area contributed by atoms with Crippen molar-refractivity contribution in [2.45, 2.75) is 6.42 Å². The standard InChI is InChI=1S/C10H11N/c1-2-6-10-8-9(4-1)5-3-7-11-10/h1-6,11H,7-8H2. The first kappa shape index (κ1) is 6.47. The van der Waals surface area contributed by atoms with Crippen molar-refractivity contribution in [2.75, 3.05) is 6.54 Å². The first-order valence-electron chi connectivity index (χ1n) is 3.92. The molecule has 0 spiro atoms. The van der Waals surface area contributed by atoms with Crippen molar-refractivity contribution in [3.05, 3.63) is 47.7 Å². The SMILES string of the molecule is C1=CC=C2CC(=C1)C=CCN2. The molecule has 1 heteroatoms. The largest absolute Gasteiger partial charge is 0.385 e. The van der Waals surface area contributed by atoms with Crippen LogP contribution in [-0.2, 0) is 0 Å². The molecule has 56 valence electrons. The number of hydrogen-bond acceptors (Lipinski definition) is 1. The Hall–Kier alpha value is -1.24. The summed E-state index contributed by atoms with van der Waals surface area (Å²) < 4.78 is 0. The first-order chi connectivity index (χ1) is 5.45. The first-order valence-corrected chi connectivity index (χ1v) is 3.92. The average molecular weight is 145 g/mol. The maximum atomic E-state index is 3.34. The normalized spacial score (nSPS) is 21.1. The zero-order valence-corrected chi connectivity index (χ0v) is 6.38. The minimum absolute atomic E-state index is 0.955. The van der Waals surface area contributed by atoms with Gasteiger partial charge in [0.15, 0.2) is 0 Å². The summed E-state index contributed by atoms with van der Waals surface area (Å²) in [5.41, 5.74) is 2.70. The molecule has 0 saturated carbocycles. The minimum Gasteiger partial charge on any atom is -0.385 e. The van der Waals surface area contributed by atoms with Gasteiger partial charge in [-0.1, -0.05) is 30.4 Å². The van der Waals surface area contributed by atoms with Gasteiger partial charge in [0, 0.05) is 18.7 Å². The van der Waals surface area contributed by atoms with Crippen molar-refractivity contribution in [2.24, 2.45) is 0 Å². The lowest BCUT2D eigenvalue weighted by molar-refractivity contribution is 0.878. The van der Waals surface area contributed by atoms with E-state index < -0.39 is 0 Å². The van der Waals surface area contributed by atoms with E-state index in [-0.39, 0.29) is 0 Å². The van der Waals surface area contributed by atoms with E-state index in [1.54, 1.807) is 0 Å². The summed E-state index contributed by atoms with van der Waals surface area (Å²) >= 11 is 0. The minimum atomic E-state index is 0.955. The van der Waals surface area contributed by atoms with Crippen LogP contribution >= 0.6 is 0 Å². The molecule has 0 amide bonds. The van der Waals surface area contributed by atoms with E-state index in [1.165, 1.54) is 11.3 Å². The molecular formula is C10H11N. The molecule has 1 aliphatic carbocycles. The third kappa shape index (κ3) is 1.43. The fraction of sp³-hybridized carbons (Fsp3) is 0.200. The Morgan fingerprint density at radius 1 is 1.18 bits per heavy atom. The smallest absolute Gasteiger partial charge is 0.0331 e. The predicted octanol–water partition coefficient (Wildman–Crippen LogP) is 1.92. The molecule has 2 aliphatic rings. The quantitative estimate of drug-likeness (QED) is 0.549. The molecular weight excluding hydrogens is 134 g/mol. The third-order valence-corrected chi connectivity index (χ3v) is 1.89. The van der Waals surface area contributed by atoms with E-state index in [2.05, 4.69) is 41.8 Å². The Labute approximate surface area is 66.8 Å². The Morgan fingerprint density at radius 3 is 3.09 bits per heavy atom. The number of hydrogen-bond donors (Lipinski definition) is 1. The molecule has 1 nitrogen and oxygen atoms in total. The molecule has 11 heavy (non-hydrogen) atoms. The van der Waals surface area contributed by atoms with E-state index >= 15 is 0 Å². The van der Waals surface area contributed by atoms with E-state index in [0.717, 1.165) is 13.0 Å². The van der Waals surface area contributed by atoms with Crippen LogP contribution in [0, 0.1) is 0 Å². The van der Waals surface area contributed by atoms with Crippen LogP contribution in [0.25, 0.3) is 0 Å². The molecule has 0 atom stereocenters. The van der Waals surface area contributed by atoms with E-state index in [4.69, 9.17) is 0 Å². The van der Waals surface area contributed by atoms with Crippen molar-refractivity contribution >= 4 is 0 Å². The highest BCUT2D eigenvalue weighted by Crippen LogP contribution is 2.15. The lowest BCUT2D eigenvalue weighted by Gasteiger charge is -2.03. The maximum absolute atomic E-state index is 3.34. The molecule has 0 aromatic rings. The van der Waals surface area contributed by atoms with Crippen LogP contribution in [0.1, 0.15) is 6.42 Å². The maximum Gasteiger partial charge on any atom is 0.0331 e. The van der Waals surface area contributed by atoms with E-state index in [1.807, 2.05) is 0 Å². The van der Waals surface area contributed by atoms with E-state index in [0.29, 0.717) is 0 Å². The summed E-state index contributed by atoms with van der Waals surface area (Å²) in [6, 6.07) is 0. The van der Waals surface area contributed by atoms with Gasteiger partial charge >= 0.3 is 0 Å².